The first kappa shape index (κ1) is 16.4. The van der Waals surface area contributed by atoms with Crippen LogP contribution in [0.5, 0.6) is 0 Å². The molecule has 20 heavy (non-hydrogen) atoms. The van der Waals surface area contributed by atoms with Gasteiger partial charge in [-0.2, -0.15) is 0 Å². The SMILES string of the molecule is C=C[C@H](c1ccccc1)C(C(=O)C(C)C)C(=O)C(C)C. The molecule has 0 radical (unpaired) electrons. The van der Waals surface area contributed by atoms with E-state index in [-0.39, 0.29) is 29.3 Å². The van der Waals surface area contributed by atoms with Gasteiger partial charge in [0.05, 0.1) is 5.92 Å². The summed E-state index contributed by atoms with van der Waals surface area (Å²) in [6.07, 6.45) is 1.72. The zero-order valence-electron chi connectivity index (χ0n) is 12.8. The van der Waals surface area contributed by atoms with E-state index in [1.165, 1.54) is 0 Å². The minimum Gasteiger partial charge on any atom is -0.299 e. The second kappa shape index (κ2) is 7.18. The van der Waals surface area contributed by atoms with Crippen LogP contribution in [0.3, 0.4) is 0 Å². The van der Waals surface area contributed by atoms with Crippen LogP contribution in [-0.4, -0.2) is 11.6 Å². The maximum atomic E-state index is 12.5. The van der Waals surface area contributed by atoms with Gasteiger partial charge < -0.3 is 0 Å². The average Bonchev–Trinajstić information content (AvgIpc) is 2.43. The summed E-state index contributed by atoms with van der Waals surface area (Å²) in [6.45, 7) is 11.2. The van der Waals surface area contributed by atoms with E-state index in [2.05, 4.69) is 6.58 Å². The fourth-order valence-corrected chi connectivity index (χ4v) is 2.35. The van der Waals surface area contributed by atoms with Crippen LogP contribution in [0.1, 0.15) is 39.2 Å². The highest BCUT2D eigenvalue weighted by Gasteiger charge is 2.35. The number of hydrogen-bond donors (Lipinski definition) is 0. The largest absolute Gasteiger partial charge is 0.299 e. The van der Waals surface area contributed by atoms with Gasteiger partial charge in [0.1, 0.15) is 11.6 Å². The van der Waals surface area contributed by atoms with Gasteiger partial charge in [-0.3, -0.25) is 9.59 Å². The van der Waals surface area contributed by atoms with Crippen molar-refractivity contribution < 1.29 is 9.59 Å². The normalized spacial score (nSPS) is 12.8. The van der Waals surface area contributed by atoms with E-state index in [9.17, 15) is 9.59 Å². The minimum absolute atomic E-state index is 0.00236. The van der Waals surface area contributed by atoms with Crippen LogP contribution in [0, 0.1) is 17.8 Å². The summed E-state index contributed by atoms with van der Waals surface area (Å²) in [5, 5.41) is 0. The van der Waals surface area contributed by atoms with Gasteiger partial charge >= 0.3 is 0 Å². The second-order valence-corrected chi connectivity index (χ2v) is 5.76. The van der Waals surface area contributed by atoms with Crippen LogP contribution in [0.15, 0.2) is 43.0 Å². The number of ketones is 2. The van der Waals surface area contributed by atoms with Crippen molar-refractivity contribution >= 4 is 11.6 Å². The predicted molar refractivity (Wildman–Crippen MR) is 82.6 cm³/mol. The molecule has 0 amide bonds. The summed E-state index contributed by atoms with van der Waals surface area (Å²) in [4.78, 5) is 25.0. The second-order valence-electron chi connectivity index (χ2n) is 5.76. The molecule has 1 rings (SSSR count). The summed E-state index contributed by atoms with van der Waals surface area (Å²) in [7, 11) is 0. The van der Waals surface area contributed by atoms with Crippen molar-refractivity contribution in [1.82, 2.24) is 0 Å². The Kier molecular flexibility index (Phi) is 5.87. The Morgan fingerprint density at radius 1 is 0.950 bits per heavy atom. The molecular formula is C18H24O2. The Hall–Kier alpha value is -1.70. The zero-order chi connectivity index (χ0) is 15.3. The van der Waals surface area contributed by atoms with Gasteiger partial charge in [0, 0.05) is 17.8 Å². The lowest BCUT2D eigenvalue weighted by molar-refractivity contribution is -0.136. The van der Waals surface area contributed by atoms with Crippen molar-refractivity contribution in [3.05, 3.63) is 48.6 Å². The Bertz CT molecular complexity index is 451. The van der Waals surface area contributed by atoms with Crippen LogP contribution >= 0.6 is 0 Å². The van der Waals surface area contributed by atoms with Crippen molar-refractivity contribution in [2.24, 2.45) is 17.8 Å². The highest BCUT2D eigenvalue weighted by Crippen LogP contribution is 2.31. The first-order valence-corrected chi connectivity index (χ1v) is 7.15. The first-order valence-electron chi connectivity index (χ1n) is 7.15. The van der Waals surface area contributed by atoms with Crippen LogP contribution in [-0.2, 0) is 9.59 Å². The molecule has 0 aromatic heterocycles. The standard InChI is InChI=1S/C18H24O2/c1-6-15(14-10-8-7-9-11-14)16(17(19)12(2)3)18(20)13(4)5/h6-13,15-16H,1H2,2-5H3/t15-/m1/s1. The van der Waals surface area contributed by atoms with E-state index in [0.717, 1.165) is 5.56 Å². The van der Waals surface area contributed by atoms with E-state index in [4.69, 9.17) is 0 Å². The number of carbonyl (C=O) groups is 2. The van der Waals surface area contributed by atoms with Crippen molar-refractivity contribution in [3.63, 3.8) is 0 Å². The van der Waals surface area contributed by atoms with E-state index in [1.54, 1.807) is 6.08 Å². The van der Waals surface area contributed by atoms with Gasteiger partial charge in [-0.05, 0) is 5.56 Å². The van der Waals surface area contributed by atoms with E-state index in [1.807, 2.05) is 58.0 Å². The van der Waals surface area contributed by atoms with Crippen LogP contribution in [0.25, 0.3) is 0 Å². The van der Waals surface area contributed by atoms with Crippen molar-refractivity contribution in [3.8, 4) is 0 Å². The molecule has 2 heteroatoms. The van der Waals surface area contributed by atoms with E-state index in [0.29, 0.717) is 0 Å². The van der Waals surface area contributed by atoms with Gasteiger partial charge in [-0.1, -0.05) is 64.1 Å². The maximum Gasteiger partial charge on any atom is 0.146 e. The van der Waals surface area contributed by atoms with Crippen molar-refractivity contribution in [1.29, 1.82) is 0 Å². The fraction of sp³-hybridized carbons (Fsp3) is 0.444. The molecule has 1 aromatic rings. The number of Topliss-reactive ketones (excluding diaryl/α,β-unsaturated/α-hetero) is 2. The zero-order valence-corrected chi connectivity index (χ0v) is 12.8. The fourth-order valence-electron chi connectivity index (χ4n) is 2.35. The molecular weight excluding hydrogens is 248 g/mol. The number of allylic oxidation sites excluding steroid dienone is 1. The topological polar surface area (TPSA) is 34.1 Å². The molecule has 0 aliphatic carbocycles. The molecule has 1 atom stereocenters. The summed E-state index contributed by atoms with van der Waals surface area (Å²) >= 11 is 0. The number of benzene rings is 1. The lowest BCUT2D eigenvalue weighted by atomic mass is 9.75. The van der Waals surface area contributed by atoms with Gasteiger partial charge in [-0.15, -0.1) is 6.58 Å². The molecule has 0 bridgehead atoms. The van der Waals surface area contributed by atoms with Crippen molar-refractivity contribution in [2.75, 3.05) is 0 Å². The Labute approximate surface area is 121 Å². The highest BCUT2D eigenvalue weighted by molar-refractivity contribution is 6.05. The Morgan fingerprint density at radius 2 is 1.40 bits per heavy atom. The summed E-state index contributed by atoms with van der Waals surface area (Å²) in [5.41, 5.74) is 0.968. The molecule has 0 aliphatic rings. The van der Waals surface area contributed by atoms with Gasteiger partial charge in [0.25, 0.3) is 0 Å². The van der Waals surface area contributed by atoms with Gasteiger partial charge in [0.2, 0.25) is 0 Å². The van der Waals surface area contributed by atoms with E-state index >= 15 is 0 Å². The smallest absolute Gasteiger partial charge is 0.146 e. The lowest BCUT2D eigenvalue weighted by Crippen LogP contribution is -2.34. The molecule has 2 nitrogen and oxygen atoms in total. The van der Waals surface area contributed by atoms with Gasteiger partial charge in [0.15, 0.2) is 0 Å². The predicted octanol–water partition coefficient (Wildman–Crippen LogP) is 4.02. The van der Waals surface area contributed by atoms with Crippen LogP contribution in [0.4, 0.5) is 0 Å². The van der Waals surface area contributed by atoms with E-state index < -0.39 is 5.92 Å². The molecule has 0 saturated heterocycles. The molecule has 0 heterocycles. The minimum atomic E-state index is -0.630. The third-order valence-corrected chi connectivity index (χ3v) is 3.55. The van der Waals surface area contributed by atoms with Crippen LogP contribution in [0.2, 0.25) is 0 Å². The molecule has 0 unspecified atom stereocenters. The average molecular weight is 272 g/mol. The highest BCUT2D eigenvalue weighted by atomic mass is 16.2. The van der Waals surface area contributed by atoms with Gasteiger partial charge in [-0.25, -0.2) is 0 Å². The summed E-state index contributed by atoms with van der Waals surface area (Å²) in [6, 6.07) is 9.65. The summed E-state index contributed by atoms with van der Waals surface area (Å²) in [5.74, 6) is -1.20. The molecule has 0 fully saturated rings. The van der Waals surface area contributed by atoms with Crippen molar-refractivity contribution in [2.45, 2.75) is 33.6 Å². The monoisotopic (exact) mass is 272 g/mol. The molecule has 0 spiro atoms. The number of carbonyl (C=O) groups excluding carboxylic acids is 2. The molecule has 0 N–H and O–H groups in total. The quantitative estimate of drug-likeness (QED) is 0.555. The number of rotatable bonds is 7. The van der Waals surface area contributed by atoms with Crippen LogP contribution < -0.4 is 0 Å². The molecule has 108 valence electrons. The Balaban J connectivity index is 3.24. The Morgan fingerprint density at radius 3 is 1.75 bits per heavy atom. The lowest BCUT2D eigenvalue weighted by Gasteiger charge is -2.26. The maximum absolute atomic E-state index is 12.5. The first-order chi connectivity index (χ1) is 9.40. The third kappa shape index (κ3) is 3.66. The third-order valence-electron chi connectivity index (χ3n) is 3.55. The summed E-state index contributed by atoms with van der Waals surface area (Å²) < 4.78 is 0. The molecule has 0 aliphatic heterocycles. The molecule has 1 aromatic carbocycles. The number of hydrogen-bond acceptors (Lipinski definition) is 2. The molecule has 0 saturated carbocycles.